The molecular weight excluding hydrogens is 320 g/mol. The van der Waals surface area contributed by atoms with E-state index in [1.54, 1.807) is 16.7 Å². The van der Waals surface area contributed by atoms with Gasteiger partial charge in [0.15, 0.2) is 15.0 Å². The molecule has 0 saturated carbocycles. The molecule has 0 aromatic carbocycles. The van der Waals surface area contributed by atoms with Gasteiger partial charge in [0.05, 0.1) is 5.69 Å². The molecule has 1 N–H and O–H groups in total. The summed E-state index contributed by atoms with van der Waals surface area (Å²) in [6.07, 6.45) is 1.73. The van der Waals surface area contributed by atoms with Gasteiger partial charge in [0.25, 0.3) is 0 Å². The predicted molar refractivity (Wildman–Crippen MR) is 81.8 cm³/mol. The molecule has 1 atom stereocenters. The predicted octanol–water partition coefficient (Wildman–Crippen LogP) is 1.33. The van der Waals surface area contributed by atoms with Crippen LogP contribution in [-0.4, -0.2) is 54.2 Å². The zero-order valence-electron chi connectivity index (χ0n) is 11.2. The second kappa shape index (κ2) is 5.90. The van der Waals surface area contributed by atoms with Gasteiger partial charge in [-0.15, -0.1) is 0 Å². The molecular formula is C11H16N2O4S3. The number of rotatable bonds is 4. The first kappa shape index (κ1) is 15.6. The lowest BCUT2D eigenvalue weighted by Crippen LogP contribution is -2.47. The Labute approximate surface area is 126 Å². The van der Waals surface area contributed by atoms with Gasteiger partial charge in [-0.2, -0.15) is 11.8 Å². The number of thioether (sulfide) groups is 1. The zero-order chi connectivity index (χ0) is 14.9. The molecule has 1 aliphatic heterocycles. The summed E-state index contributed by atoms with van der Waals surface area (Å²) in [4.78, 5) is 17.4. The van der Waals surface area contributed by atoms with Crippen molar-refractivity contribution in [3.8, 4) is 0 Å². The van der Waals surface area contributed by atoms with Crippen LogP contribution in [0, 0.1) is 0 Å². The molecule has 2 rings (SSSR count). The van der Waals surface area contributed by atoms with Crippen molar-refractivity contribution >= 4 is 44.0 Å². The van der Waals surface area contributed by atoms with E-state index in [2.05, 4.69) is 4.98 Å². The maximum atomic E-state index is 11.9. The number of hydrogen-bond acceptors (Lipinski definition) is 7. The molecule has 20 heavy (non-hydrogen) atoms. The summed E-state index contributed by atoms with van der Waals surface area (Å²) in [5.74, 6) is 0.297. The normalized spacial score (nSPS) is 20.1. The molecule has 0 aliphatic carbocycles. The summed E-state index contributed by atoms with van der Waals surface area (Å²) < 4.78 is 23.7. The smallest absolute Gasteiger partial charge is 0.347 e. The Morgan fingerprint density at radius 3 is 2.75 bits per heavy atom. The number of hydrogen-bond donors (Lipinski definition) is 1. The molecule has 1 fully saturated rings. The van der Waals surface area contributed by atoms with Crippen molar-refractivity contribution in [1.82, 2.24) is 4.98 Å². The number of thiazole rings is 1. The number of anilines is 1. The van der Waals surface area contributed by atoms with E-state index in [0.29, 0.717) is 29.5 Å². The standard InChI is InChI=1S/C11H16N2O4S3/c1-3-7-9(10(14)15)19-11(12-7)13-4-5-18-6-8(13)20(2,16)17/h8H,3-6H2,1-2H3,(H,14,15). The Kier molecular flexibility index (Phi) is 4.60. The van der Waals surface area contributed by atoms with Crippen molar-refractivity contribution in [2.45, 2.75) is 18.7 Å². The van der Waals surface area contributed by atoms with Gasteiger partial charge < -0.3 is 10.0 Å². The van der Waals surface area contributed by atoms with Crippen LogP contribution >= 0.6 is 23.1 Å². The quantitative estimate of drug-likeness (QED) is 0.887. The van der Waals surface area contributed by atoms with Crippen molar-refractivity contribution in [3.63, 3.8) is 0 Å². The minimum absolute atomic E-state index is 0.202. The summed E-state index contributed by atoms with van der Waals surface area (Å²) in [5, 5.41) is 9.03. The van der Waals surface area contributed by atoms with Gasteiger partial charge in [0.1, 0.15) is 10.3 Å². The SMILES string of the molecule is CCc1nc(N2CCSCC2S(C)(=O)=O)sc1C(=O)O. The molecule has 0 spiro atoms. The first-order valence-corrected chi connectivity index (χ1v) is 10.0. The molecule has 1 saturated heterocycles. The second-order valence-electron chi connectivity index (χ2n) is 4.48. The minimum Gasteiger partial charge on any atom is -0.477 e. The topological polar surface area (TPSA) is 87.6 Å². The summed E-state index contributed by atoms with van der Waals surface area (Å²) in [6.45, 7) is 2.41. The van der Waals surface area contributed by atoms with Crippen LogP contribution in [0.1, 0.15) is 22.3 Å². The van der Waals surface area contributed by atoms with Gasteiger partial charge in [0.2, 0.25) is 0 Å². The molecule has 2 heterocycles. The van der Waals surface area contributed by atoms with E-state index in [1.807, 2.05) is 6.92 Å². The second-order valence-corrected chi connectivity index (χ2v) is 8.81. The molecule has 9 heteroatoms. The van der Waals surface area contributed by atoms with Gasteiger partial charge in [-0.25, -0.2) is 18.2 Å². The summed E-state index contributed by atoms with van der Waals surface area (Å²) in [5.41, 5.74) is 0.517. The number of carbonyl (C=O) groups is 1. The molecule has 1 aromatic heterocycles. The fraction of sp³-hybridized carbons (Fsp3) is 0.636. The number of carboxylic acid groups (broad SMARTS) is 1. The van der Waals surface area contributed by atoms with Crippen LogP contribution in [0.25, 0.3) is 0 Å². The van der Waals surface area contributed by atoms with Crippen LogP contribution < -0.4 is 4.90 Å². The molecule has 1 aliphatic rings. The fourth-order valence-corrected chi connectivity index (χ4v) is 5.98. The van der Waals surface area contributed by atoms with Crippen molar-refractivity contribution in [3.05, 3.63) is 10.6 Å². The fourth-order valence-electron chi connectivity index (χ4n) is 2.02. The van der Waals surface area contributed by atoms with E-state index in [1.165, 1.54) is 6.26 Å². The van der Waals surface area contributed by atoms with Crippen LogP contribution in [-0.2, 0) is 16.3 Å². The monoisotopic (exact) mass is 336 g/mol. The zero-order valence-corrected chi connectivity index (χ0v) is 13.6. The van der Waals surface area contributed by atoms with Gasteiger partial charge in [-0.1, -0.05) is 18.3 Å². The molecule has 6 nitrogen and oxygen atoms in total. The highest BCUT2D eigenvalue weighted by Crippen LogP contribution is 2.32. The van der Waals surface area contributed by atoms with E-state index in [0.717, 1.165) is 17.1 Å². The number of aromatic nitrogens is 1. The Hall–Kier alpha value is -0.800. The Morgan fingerprint density at radius 1 is 1.55 bits per heavy atom. The van der Waals surface area contributed by atoms with Crippen molar-refractivity contribution in [2.75, 3.05) is 29.2 Å². The lowest BCUT2D eigenvalue weighted by molar-refractivity contribution is 0.0701. The largest absolute Gasteiger partial charge is 0.477 e. The molecule has 0 amide bonds. The Bertz CT molecular complexity index is 611. The lowest BCUT2D eigenvalue weighted by Gasteiger charge is -2.33. The number of aromatic carboxylic acids is 1. The minimum atomic E-state index is -3.23. The van der Waals surface area contributed by atoms with Crippen LogP contribution in [0.2, 0.25) is 0 Å². The molecule has 1 unspecified atom stereocenters. The molecule has 0 bridgehead atoms. The highest BCUT2D eigenvalue weighted by Gasteiger charge is 2.33. The third-order valence-corrected chi connectivity index (χ3v) is 6.81. The van der Waals surface area contributed by atoms with Crippen LogP contribution in [0.15, 0.2) is 0 Å². The number of sulfone groups is 1. The van der Waals surface area contributed by atoms with Crippen LogP contribution in [0.4, 0.5) is 5.13 Å². The maximum absolute atomic E-state index is 11.9. The molecule has 112 valence electrons. The van der Waals surface area contributed by atoms with E-state index in [9.17, 15) is 13.2 Å². The van der Waals surface area contributed by atoms with Crippen LogP contribution in [0.3, 0.4) is 0 Å². The Balaban J connectivity index is 2.40. The first-order chi connectivity index (χ1) is 9.34. The van der Waals surface area contributed by atoms with Crippen molar-refractivity contribution < 1.29 is 18.3 Å². The number of nitrogens with zero attached hydrogens (tertiary/aromatic N) is 2. The van der Waals surface area contributed by atoms with E-state index in [-0.39, 0.29) is 4.88 Å². The average molecular weight is 336 g/mol. The maximum Gasteiger partial charge on any atom is 0.347 e. The van der Waals surface area contributed by atoms with Gasteiger partial charge in [0, 0.05) is 24.3 Å². The van der Waals surface area contributed by atoms with E-state index >= 15 is 0 Å². The van der Waals surface area contributed by atoms with Gasteiger partial charge >= 0.3 is 5.97 Å². The lowest BCUT2D eigenvalue weighted by atomic mass is 10.3. The third-order valence-electron chi connectivity index (χ3n) is 3.04. The first-order valence-electron chi connectivity index (χ1n) is 6.10. The van der Waals surface area contributed by atoms with Crippen molar-refractivity contribution in [2.24, 2.45) is 0 Å². The molecule has 0 radical (unpaired) electrons. The van der Waals surface area contributed by atoms with E-state index < -0.39 is 21.2 Å². The molecule has 1 aromatic rings. The van der Waals surface area contributed by atoms with Crippen LogP contribution in [0.5, 0.6) is 0 Å². The summed E-state index contributed by atoms with van der Waals surface area (Å²) in [6, 6.07) is 0. The van der Waals surface area contributed by atoms with Gasteiger partial charge in [-0.3, -0.25) is 0 Å². The van der Waals surface area contributed by atoms with Gasteiger partial charge in [-0.05, 0) is 6.42 Å². The van der Waals surface area contributed by atoms with E-state index in [4.69, 9.17) is 5.11 Å². The highest BCUT2D eigenvalue weighted by atomic mass is 32.2. The Morgan fingerprint density at radius 2 is 2.25 bits per heavy atom. The number of aryl methyl sites for hydroxylation is 1. The third kappa shape index (κ3) is 3.09. The summed E-state index contributed by atoms with van der Waals surface area (Å²) in [7, 11) is -3.23. The average Bonchev–Trinajstić information content (AvgIpc) is 2.82. The highest BCUT2D eigenvalue weighted by molar-refractivity contribution is 8.01. The summed E-state index contributed by atoms with van der Waals surface area (Å²) >= 11 is 2.65. The number of carboxylic acids is 1. The van der Waals surface area contributed by atoms with Crippen molar-refractivity contribution in [1.29, 1.82) is 0 Å².